The molecule has 0 saturated heterocycles. The second-order valence-corrected chi connectivity index (χ2v) is 7.05. The van der Waals surface area contributed by atoms with Crippen molar-refractivity contribution in [3.8, 4) is 11.1 Å². The molecule has 4 rings (SSSR count). The zero-order chi connectivity index (χ0) is 13.7. The van der Waals surface area contributed by atoms with Gasteiger partial charge in [-0.3, -0.25) is 0 Å². The van der Waals surface area contributed by atoms with E-state index in [4.69, 9.17) is 0 Å². The van der Waals surface area contributed by atoms with Crippen molar-refractivity contribution in [3.05, 3.63) is 58.7 Å². The average Bonchev–Trinajstić information content (AvgIpc) is 2.46. The molecule has 0 heterocycles. The summed E-state index contributed by atoms with van der Waals surface area (Å²) in [6, 6.07) is 13.8. The van der Waals surface area contributed by atoms with Gasteiger partial charge in [0.05, 0.1) is 0 Å². The van der Waals surface area contributed by atoms with Gasteiger partial charge in [-0.15, -0.1) is 0 Å². The van der Waals surface area contributed by atoms with Crippen LogP contribution >= 0.6 is 0 Å². The van der Waals surface area contributed by atoms with Crippen molar-refractivity contribution in [2.75, 3.05) is 0 Å². The van der Waals surface area contributed by atoms with Crippen LogP contribution in [-0.4, -0.2) is 0 Å². The maximum atomic E-state index is 2.43. The minimum absolute atomic E-state index is 0.270. The van der Waals surface area contributed by atoms with E-state index < -0.39 is 0 Å². The van der Waals surface area contributed by atoms with Crippen LogP contribution in [0.15, 0.2) is 36.4 Å². The van der Waals surface area contributed by atoms with Gasteiger partial charge in [-0.05, 0) is 70.9 Å². The zero-order valence-electron chi connectivity index (χ0n) is 12.5. The molecule has 2 aliphatic carbocycles. The lowest BCUT2D eigenvalue weighted by Gasteiger charge is -2.38. The van der Waals surface area contributed by atoms with Gasteiger partial charge in [-0.25, -0.2) is 0 Å². The predicted octanol–water partition coefficient (Wildman–Crippen LogP) is 5.07. The molecule has 20 heavy (non-hydrogen) atoms. The number of benzene rings is 2. The molecule has 0 aromatic heterocycles. The fourth-order valence-electron chi connectivity index (χ4n) is 4.33. The molecule has 0 spiro atoms. The molecule has 102 valence electrons. The molecule has 2 aromatic rings. The Morgan fingerprint density at radius 3 is 2.50 bits per heavy atom. The molecule has 0 atom stereocenters. The first-order valence-corrected chi connectivity index (χ1v) is 7.90. The minimum atomic E-state index is 0.270. The summed E-state index contributed by atoms with van der Waals surface area (Å²) >= 11 is 0. The third-order valence-corrected chi connectivity index (χ3v) is 5.15. The molecule has 2 aliphatic rings. The summed E-state index contributed by atoms with van der Waals surface area (Å²) in [5, 5.41) is 0. The van der Waals surface area contributed by atoms with Gasteiger partial charge in [0.15, 0.2) is 0 Å². The molecule has 2 aromatic carbocycles. The fourth-order valence-corrected chi connectivity index (χ4v) is 4.33. The van der Waals surface area contributed by atoms with E-state index in [1.807, 2.05) is 0 Å². The van der Waals surface area contributed by atoms with Crippen molar-refractivity contribution in [3.63, 3.8) is 0 Å². The Morgan fingerprint density at radius 2 is 1.60 bits per heavy atom. The Bertz CT molecular complexity index is 676. The number of hydrogen-bond donors (Lipinski definition) is 0. The van der Waals surface area contributed by atoms with Crippen molar-refractivity contribution < 1.29 is 0 Å². The monoisotopic (exact) mass is 262 g/mol. The van der Waals surface area contributed by atoms with Gasteiger partial charge in [-0.1, -0.05) is 50.2 Å². The first-order chi connectivity index (χ1) is 9.67. The van der Waals surface area contributed by atoms with E-state index in [0.29, 0.717) is 0 Å². The Labute approximate surface area is 121 Å². The summed E-state index contributed by atoms with van der Waals surface area (Å²) in [5.74, 6) is 0. The van der Waals surface area contributed by atoms with Crippen LogP contribution < -0.4 is 0 Å². The zero-order valence-corrected chi connectivity index (χ0v) is 12.5. The smallest absolute Gasteiger partial charge is 0.00540 e. The average molecular weight is 262 g/mol. The molecule has 0 heteroatoms. The second kappa shape index (κ2) is 4.22. The van der Waals surface area contributed by atoms with E-state index in [0.717, 1.165) is 0 Å². The largest absolute Gasteiger partial charge is 0.0620 e. The molecule has 0 nitrogen and oxygen atoms in total. The molecule has 0 saturated carbocycles. The fraction of sp³-hybridized carbons (Fsp3) is 0.400. The quantitative estimate of drug-likeness (QED) is 0.622. The van der Waals surface area contributed by atoms with Gasteiger partial charge < -0.3 is 0 Å². The van der Waals surface area contributed by atoms with Gasteiger partial charge in [0, 0.05) is 0 Å². The van der Waals surface area contributed by atoms with Crippen LogP contribution in [0.5, 0.6) is 0 Å². The van der Waals surface area contributed by atoms with E-state index in [2.05, 4.69) is 50.2 Å². The predicted molar refractivity (Wildman–Crippen MR) is 85.3 cm³/mol. The SMILES string of the molecule is CC1(C)Cc2ccccc2-c2ccc3c(c21)CCCC3. The van der Waals surface area contributed by atoms with Gasteiger partial charge in [0.2, 0.25) is 0 Å². The third kappa shape index (κ3) is 1.67. The highest BCUT2D eigenvalue weighted by atomic mass is 14.4. The van der Waals surface area contributed by atoms with E-state index in [-0.39, 0.29) is 5.41 Å². The van der Waals surface area contributed by atoms with Crippen molar-refractivity contribution in [2.45, 2.75) is 51.4 Å². The Kier molecular flexibility index (Phi) is 2.57. The number of rotatable bonds is 0. The first-order valence-electron chi connectivity index (χ1n) is 7.90. The Morgan fingerprint density at radius 1 is 0.800 bits per heavy atom. The summed E-state index contributed by atoms with van der Waals surface area (Å²) in [4.78, 5) is 0. The molecule has 0 fully saturated rings. The van der Waals surface area contributed by atoms with Crippen molar-refractivity contribution in [1.82, 2.24) is 0 Å². The maximum absolute atomic E-state index is 2.43. The molecular formula is C20H22. The minimum Gasteiger partial charge on any atom is -0.0620 e. The molecule has 0 unspecified atom stereocenters. The lowest BCUT2D eigenvalue weighted by Crippen LogP contribution is -2.28. The summed E-state index contributed by atoms with van der Waals surface area (Å²) in [5.41, 5.74) is 9.68. The highest BCUT2D eigenvalue weighted by molar-refractivity contribution is 5.77. The van der Waals surface area contributed by atoms with Gasteiger partial charge in [-0.2, -0.15) is 0 Å². The molecule has 0 aliphatic heterocycles. The summed E-state index contributed by atoms with van der Waals surface area (Å²) in [6.45, 7) is 4.85. The normalized spacial score (nSPS) is 18.9. The molecule has 0 bridgehead atoms. The number of aryl methyl sites for hydroxylation is 1. The van der Waals surface area contributed by atoms with Gasteiger partial charge in [0.25, 0.3) is 0 Å². The van der Waals surface area contributed by atoms with Gasteiger partial charge in [0.1, 0.15) is 0 Å². The Balaban J connectivity index is 2.04. The van der Waals surface area contributed by atoms with E-state index in [9.17, 15) is 0 Å². The van der Waals surface area contributed by atoms with Crippen LogP contribution in [0, 0.1) is 0 Å². The Hall–Kier alpha value is -1.56. The van der Waals surface area contributed by atoms with Crippen LogP contribution in [0.3, 0.4) is 0 Å². The van der Waals surface area contributed by atoms with Crippen LogP contribution in [0.4, 0.5) is 0 Å². The first kappa shape index (κ1) is 12.2. The lowest BCUT2D eigenvalue weighted by molar-refractivity contribution is 0.505. The molecule has 0 amide bonds. The second-order valence-electron chi connectivity index (χ2n) is 7.05. The standard InChI is InChI=1S/C20H22/c1-20(2)13-15-8-4-5-9-16(15)18-12-11-14-7-3-6-10-17(14)19(18)20/h4-5,8-9,11-12H,3,6-7,10,13H2,1-2H3. The van der Waals surface area contributed by atoms with Crippen molar-refractivity contribution in [1.29, 1.82) is 0 Å². The van der Waals surface area contributed by atoms with Crippen LogP contribution in [-0.2, 0) is 24.7 Å². The van der Waals surface area contributed by atoms with E-state index in [1.54, 1.807) is 16.7 Å². The topological polar surface area (TPSA) is 0 Å². The van der Waals surface area contributed by atoms with E-state index >= 15 is 0 Å². The maximum Gasteiger partial charge on any atom is -0.00540 e. The van der Waals surface area contributed by atoms with Crippen LogP contribution in [0.1, 0.15) is 48.9 Å². The highest BCUT2D eigenvalue weighted by Crippen LogP contribution is 2.46. The van der Waals surface area contributed by atoms with Crippen molar-refractivity contribution in [2.24, 2.45) is 0 Å². The molecule has 0 N–H and O–H groups in total. The van der Waals surface area contributed by atoms with Gasteiger partial charge >= 0.3 is 0 Å². The molecule has 0 radical (unpaired) electrons. The molecular weight excluding hydrogens is 240 g/mol. The van der Waals surface area contributed by atoms with E-state index in [1.165, 1.54) is 48.8 Å². The van der Waals surface area contributed by atoms with Crippen LogP contribution in [0.2, 0.25) is 0 Å². The third-order valence-electron chi connectivity index (χ3n) is 5.15. The summed E-state index contributed by atoms with van der Waals surface area (Å²) < 4.78 is 0. The highest BCUT2D eigenvalue weighted by Gasteiger charge is 2.34. The number of fused-ring (bicyclic) bond motifs is 5. The lowest BCUT2D eigenvalue weighted by atomic mass is 9.66. The summed E-state index contributed by atoms with van der Waals surface area (Å²) in [6.07, 6.45) is 6.46. The van der Waals surface area contributed by atoms with Crippen molar-refractivity contribution >= 4 is 0 Å². The van der Waals surface area contributed by atoms with Crippen LogP contribution in [0.25, 0.3) is 11.1 Å². The summed E-state index contributed by atoms with van der Waals surface area (Å²) in [7, 11) is 0. The number of hydrogen-bond acceptors (Lipinski definition) is 0.